The average Bonchev–Trinajstić information content (AvgIpc) is 2.80. The summed E-state index contributed by atoms with van der Waals surface area (Å²) >= 11 is 0. The standard InChI is InChI=1S/C15H21FN6O/c1-11-19-14(20-23-11)10-21(2)13-4-3-6-22(7-5-13)15-17-8-12(16)9-18-15/h8-9,13H,3-7,10H2,1-2H3/t13-/m1/s1. The molecule has 0 aromatic carbocycles. The minimum absolute atomic E-state index is 0.406. The molecule has 0 aliphatic carbocycles. The molecule has 1 aliphatic rings. The first-order chi connectivity index (χ1) is 11.1. The van der Waals surface area contributed by atoms with Crippen molar-refractivity contribution < 1.29 is 8.91 Å². The van der Waals surface area contributed by atoms with Crippen molar-refractivity contribution in [2.75, 3.05) is 25.0 Å². The van der Waals surface area contributed by atoms with Crippen LogP contribution in [0.15, 0.2) is 16.9 Å². The fourth-order valence-corrected chi connectivity index (χ4v) is 2.95. The van der Waals surface area contributed by atoms with E-state index < -0.39 is 5.82 Å². The van der Waals surface area contributed by atoms with E-state index in [1.807, 2.05) is 0 Å². The third-order valence-electron chi connectivity index (χ3n) is 4.17. The summed E-state index contributed by atoms with van der Waals surface area (Å²) in [5, 5.41) is 3.95. The van der Waals surface area contributed by atoms with Gasteiger partial charge in [0.15, 0.2) is 11.6 Å². The summed E-state index contributed by atoms with van der Waals surface area (Å²) in [7, 11) is 2.08. The van der Waals surface area contributed by atoms with Gasteiger partial charge in [0.05, 0.1) is 18.9 Å². The highest BCUT2D eigenvalue weighted by Gasteiger charge is 2.22. The number of rotatable bonds is 4. The summed E-state index contributed by atoms with van der Waals surface area (Å²) < 4.78 is 18.0. The highest BCUT2D eigenvalue weighted by molar-refractivity contribution is 5.28. The van der Waals surface area contributed by atoms with Crippen molar-refractivity contribution in [1.29, 1.82) is 0 Å². The summed E-state index contributed by atoms with van der Waals surface area (Å²) in [5.41, 5.74) is 0. The van der Waals surface area contributed by atoms with Crippen molar-refractivity contribution in [3.8, 4) is 0 Å². The van der Waals surface area contributed by atoms with Crippen molar-refractivity contribution in [2.24, 2.45) is 0 Å². The molecule has 1 atom stereocenters. The molecule has 0 saturated carbocycles. The van der Waals surface area contributed by atoms with E-state index in [9.17, 15) is 4.39 Å². The molecule has 1 aliphatic heterocycles. The molecule has 1 saturated heterocycles. The van der Waals surface area contributed by atoms with Crippen LogP contribution >= 0.6 is 0 Å². The van der Waals surface area contributed by atoms with E-state index in [0.717, 1.165) is 32.4 Å². The molecule has 0 N–H and O–H groups in total. The van der Waals surface area contributed by atoms with Gasteiger partial charge in [-0.25, -0.2) is 14.4 Å². The van der Waals surface area contributed by atoms with Gasteiger partial charge in [0.2, 0.25) is 11.8 Å². The molecule has 23 heavy (non-hydrogen) atoms. The first kappa shape index (κ1) is 15.8. The first-order valence-electron chi connectivity index (χ1n) is 7.84. The maximum Gasteiger partial charge on any atom is 0.225 e. The Bertz CT molecular complexity index is 631. The highest BCUT2D eigenvalue weighted by atomic mass is 19.1. The first-order valence-corrected chi connectivity index (χ1v) is 7.84. The number of aryl methyl sites for hydroxylation is 1. The van der Waals surface area contributed by atoms with E-state index in [4.69, 9.17) is 4.52 Å². The second-order valence-electron chi connectivity index (χ2n) is 5.92. The molecule has 1 fully saturated rings. The molecule has 0 amide bonds. The van der Waals surface area contributed by atoms with Crippen molar-refractivity contribution in [3.05, 3.63) is 29.9 Å². The second-order valence-corrected chi connectivity index (χ2v) is 5.92. The Morgan fingerprint density at radius 2 is 2.09 bits per heavy atom. The van der Waals surface area contributed by atoms with Crippen LogP contribution in [-0.2, 0) is 6.54 Å². The van der Waals surface area contributed by atoms with E-state index in [2.05, 4.69) is 37.0 Å². The van der Waals surface area contributed by atoms with Crippen molar-refractivity contribution in [2.45, 2.75) is 38.8 Å². The molecule has 7 nitrogen and oxygen atoms in total. The fourth-order valence-electron chi connectivity index (χ4n) is 2.95. The Morgan fingerprint density at radius 1 is 1.30 bits per heavy atom. The molecule has 0 spiro atoms. The predicted octanol–water partition coefficient (Wildman–Crippen LogP) is 1.80. The van der Waals surface area contributed by atoms with Crippen LogP contribution in [-0.4, -0.2) is 51.2 Å². The Morgan fingerprint density at radius 3 is 2.78 bits per heavy atom. The Kier molecular flexibility index (Phi) is 4.80. The summed E-state index contributed by atoms with van der Waals surface area (Å²) in [6.07, 6.45) is 5.56. The van der Waals surface area contributed by atoms with Gasteiger partial charge in [-0.2, -0.15) is 4.98 Å². The van der Waals surface area contributed by atoms with Gasteiger partial charge in [0.1, 0.15) is 0 Å². The van der Waals surface area contributed by atoms with Gasteiger partial charge in [-0.1, -0.05) is 5.16 Å². The minimum atomic E-state index is -0.406. The molecule has 3 heterocycles. The monoisotopic (exact) mass is 320 g/mol. The van der Waals surface area contributed by atoms with Crippen molar-refractivity contribution in [3.63, 3.8) is 0 Å². The van der Waals surface area contributed by atoms with Crippen LogP contribution in [0, 0.1) is 12.7 Å². The fraction of sp³-hybridized carbons (Fsp3) is 0.600. The number of nitrogens with zero attached hydrogens (tertiary/aromatic N) is 6. The molecule has 0 radical (unpaired) electrons. The minimum Gasteiger partial charge on any atom is -0.341 e. The van der Waals surface area contributed by atoms with Crippen LogP contribution < -0.4 is 4.90 Å². The lowest BCUT2D eigenvalue weighted by Gasteiger charge is -2.26. The molecule has 2 aromatic heterocycles. The summed E-state index contributed by atoms with van der Waals surface area (Å²) in [4.78, 5) is 16.8. The van der Waals surface area contributed by atoms with Gasteiger partial charge in [-0.3, -0.25) is 4.90 Å². The third kappa shape index (κ3) is 4.01. The van der Waals surface area contributed by atoms with E-state index in [0.29, 0.717) is 30.3 Å². The second kappa shape index (κ2) is 6.99. The SMILES string of the molecule is Cc1nc(CN(C)[C@@H]2CCCN(c3ncc(F)cn3)CC2)no1. The number of anilines is 1. The molecule has 124 valence electrons. The lowest BCUT2D eigenvalue weighted by atomic mass is 10.1. The quantitative estimate of drug-likeness (QED) is 0.850. The molecular weight excluding hydrogens is 299 g/mol. The third-order valence-corrected chi connectivity index (χ3v) is 4.17. The zero-order valence-electron chi connectivity index (χ0n) is 13.4. The number of hydrogen-bond donors (Lipinski definition) is 0. The van der Waals surface area contributed by atoms with Crippen LogP contribution in [0.5, 0.6) is 0 Å². The zero-order valence-corrected chi connectivity index (χ0v) is 13.4. The summed E-state index contributed by atoms with van der Waals surface area (Å²) in [6.45, 7) is 4.21. The van der Waals surface area contributed by atoms with Crippen LogP contribution in [0.2, 0.25) is 0 Å². The smallest absolute Gasteiger partial charge is 0.225 e. The van der Waals surface area contributed by atoms with E-state index >= 15 is 0 Å². The topological polar surface area (TPSA) is 71.2 Å². The molecular formula is C15H21FN6O. The van der Waals surface area contributed by atoms with Crippen LogP contribution in [0.25, 0.3) is 0 Å². The van der Waals surface area contributed by atoms with Gasteiger partial charge < -0.3 is 9.42 Å². The van der Waals surface area contributed by atoms with Gasteiger partial charge in [-0.15, -0.1) is 0 Å². The highest BCUT2D eigenvalue weighted by Crippen LogP contribution is 2.19. The maximum atomic E-state index is 12.9. The largest absolute Gasteiger partial charge is 0.341 e. The van der Waals surface area contributed by atoms with E-state index in [1.165, 1.54) is 12.4 Å². The molecule has 0 bridgehead atoms. The Hall–Kier alpha value is -2.09. The molecule has 2 aromatic rings. The number of halogens is 1. The lowest BCUT2D eigenvalue weighted by molar-refractivity contribution is 0.209. The van der Waals surface area contributed by atoms with Gasteiger partial charge >= 0.3 is 0 Å². The van der Waals surface area contributed by atoms with Gasteiger partial charge in [-0.05, 0) is 26.3 Å². The normalized spacial score (nSPS) is 19.1. The van der Waals surface area contributed by atoms with Gasteiger partial charge in [0.25, 0.3) is 0 Å². The zero-order chi connectivity index (χ0) is 16.2. The lowest BCUT2D eigenvalue weighted by Crippen LogP contribution is -2.33. The number of aromatic nitrogens is 4. The van der Waals surface area contributed by atoms with E-state index in [-0.39, 0.29) is 0 Å². The molecule has 0 unspecified atom stereocenters. The predicted molar refractivity (Wildman–Crippen MR) is 82.3 cm³/mol. The van der Waals surface area contributed by atoms with Crippen LogP contribution in [0.4, 0.5) is 10.3 Å². The van der Waals surface area contributed by atoms with Crippen LogP contribution in [0.1, 0.15) is 31.0 Å². The van der Waals surface area contributed by atoms with E-state index in [1.54, 1.807) is 6.92 Å². The van der Waals surface area contributed by atoms with Crippen molar-refractivity contribution >= 4 is 5.95 Å². The molecule has 3 rings (SSSR count). The average molecular weight is 320 g/mol. The Labute approximate surface area is 134 Å². The maximum absolute atomic E-state index is 12.9. The summed E-state index contributed by atoms with van der Waals surface area (Å²) in [6, 6.07) is 0.444. The molecule has 8 heteroatoms. The van der Waals surface area contributed by atoms with Crippen LogP contribution in [0.3, 0.4) is 0 Å². The Balaban J connectivity index is 1.58. The van der Waals surface area contributed by atoms with Gasteiger partial charge in [0, 0.05) is 26.1 Å². The van der Waals surface area contributed by atoms with Crippen molar-refractivity contribution in [1.82, 2.24) is 25.0 Å². The summed E-state index contributed by atoms with van der Waals surface area (Å²) in [5.74, 6) is 1.50. The number of hydrogen-bond acceptors (Lipinski definition) is 7.